The maximum Gasteiger partial charge on any atom is 0.150 e. The van der Waals surface area contributed by atoms with Crippen LogP contribution in [0.1, 0.15) is 12.8 Å². The summed E-state index contributed by atoms with van der Waals surface area (Å²) in [5.41, 5.74) is 0. The van der Waals surface area contributed by atoms with E-state index in [0.717, 1.165) is 18.3 Å². The first-order valence-electron chi connectivity index (χ1n) is 4.35. The molecule has 0 amide bonds. The highest BCUT2D eigenvalue weighted by Crippen LogP contribution is 2.29. The summed E-state index contributed by atoms with van der Waals surface area (Å²) < 4.78 is 0.494. The number of anilines is 1. The van der Waals surface area contributed by atoms with Crippen LogP contribution < -0.4 is 5.32 Å². The molecular formula is C9H11BrN2O. The molecule has 0 bridgehead atoms. The Morgan fingerprint density at radius 1 is 1.54 bits per heavy atom. The third-order valence-corrected chi connectivity index (χ3v) is 2.68. The standard InChI is InChI=1S/C9H11BrN2O/c10-9-7(13)3-4-8(12-9)11-5-6-1-2-6/h3-4,6,13H,1-2,5H2,(H,11,12). The molecule has 0 aliphatic heterocycles. The highest BCUT2D eigenvalue weighted by molar-refractivity contribution is 9.10. The van der Waals surface area contributed by atoms with E-state index in [1.165, 1.54) is 12.8 Å². The zero-order valence-electron chi connectivity index (χ0n) is 7.13. The van der Waals surface area contributed by atoms with Crippen molar-refractivity contribution in [2.75, 3.05) is 11.9 Å². The molecule has 1 aliphatic carbocycles. The summed E-state index contributed by atoms with van der Waals surface area (Å²) in [5.74, 6) is 1.82. The Morgan fingerprint density at radius 3 is 2.92 bits per heavy atom. The molecule has 2 N–H and O–H groups in total. The lowest BCUT2D eigenvalue weighted by molar-refractivity contribution is 0.469. The summed E-state index contributed by atoms with van der Waals surface area (Å²) in [5, 5.41) is 12.4. The predicted octanol–water partition coefficient (Wildman–Crippen LogP) is 2.37. The summed E-state index contributed by atoms with van der Waals surface area (Å²) in [7, 11) is 0. The smallest absolute Gasteiger partial charge is 0.150 e. The lowest BCUT2D eigenvalue weighted by Crippen LogP contribution is -2.04. The van der Waals surface area contributed by atoms with Gasteiger partial charge in [-0.05, 0) is 46.8 Å². The molecule has 2 rings (SSSR count). The molecule has 0 spiro atoms. The molecule has 1 fully saturated rings. The third kappa shape index (κ3) is 2.34. The van der Waals surface area contributed by atoms with Gasteiger partial charge in [-0.15, -0.1) is 0 Å². The molecule has 1 aromatic heterocycles. The fourth-order valence-corrected chi connectivity index (χ4v) is 1.42. The van der Waals surface area contributed by atoms with E-state index in [4.69, 9.17) is 0 Å². The minimum absolute atomic E-state index is 0.178. The zero-order chi connectivity index (χ0) is 9.26. The topological polar surface area (TPSA) is 45.1 Å². The molecule has 4 heteroatoms. The Bertz CT molecular complexity index is 312. The minimum Gasteiger partial charge on any atom is -0.505 e. The molecule has 0 unspecified atom stereocenters. The van der Waals surface area contributed by atoms with Gasteiger partial charge in [0.2, 0.25) is 0 Å². The maximum atomic E-state index is 9.20. The predicted molar refractivity (Wildman–Crippen MR) is 54.8 cm³/mol. The molecule has 1 saturated carbocycles. The first-order chi connectivity index (χ1) is 6.25. The van der Waals surface area contributed by atoms with Crippen molar-refractivity contribution in [2.24, 2.45) is 5.92 Å². The van der Waals surface area contributed by atoms with Gasteiger partial charge < -0.3 is 10.4 Å². The van der Waals surface area contributed by atoms with Gasteiger partial charge in [0.25, 0.3) is 0 Å². The van der Waals surface area contributed by atoms with Crippen molar-refractivity contribution in [1.82, 2.24) is 4.98 Å². The van der Waals surface area contributed by atoms with E-state index in [0.29, 0.717) is 4.60 Å². The Hall–Kier alpha value is -0.770. The minimum atomic E-state index is 0.178. The van der Waals surface area contributed by atoms with E-state index in [1.54, 1.807) is 12.1 Å². The van der Waals surface area contributed by atoms with Crippen LogP contribution in [0.3, 0.4) is 0 Å². The van der Waals surface area contributed by atoms with Crippen molar-refractivity contribution >= 4 is 21.7 Å². The SMILES string of the molecule is Oc1ccc(NCC2CC2)nc1Br. The highest BCUT2D eigenvalue weighted by atomic mass is 79.9. The van der Waals surface area contributed by atoms with Crippen LogP contribution in [0.25, 0.3) is 0 Å². The van der Waals surface area contributed by atoms with Crippen LogP contribution in [0.15, 0.2) is 16.7 Å². The Labute approximate surface area is 85.3 Å². The normalized spacial score (nSPS) is 15.8. The quantitative estimate of drug-likeness (QED) is 0.801. The highest BCUT2D eigenvalue weighted by Gasteiger charge is 2.20. The van der Waals surface area contributed by atoms with Crippen LogP contribution in [-0.2, 0) is 0 Å². The van der Waals surface area contributed by atoms with Gasteiger partial charge in [0.05, 0.1) is 0 Å². The lowest BCUT2D eigenvalue weighted by Gasteiger charge is -2.04. The van der Waals surface area contributed by atoms with Gasteiger partial charge >= 0.3 is 0 Å². The molecule has 1 aliphatic rings. The molecular weight excluding hydrogens is 232 g/mol. The van der Waals surface area contributed by atoms with Crippen LogP contribution in [0, 0.1) is 5.92 Å². The fourth-order valence-electron chi connectivity index (χ4n) is 1.10. The summed E-state index contributed by atoms with van der Waals surface area (Å²) >= 11 is 3.17. The second kappa shape index (κ2) is 3.54. The molecule has 70 valence electrons. The second-order valence-corrected chi connectivity index (χ2v) is 4.08. The van der Waals surface area contributed by atoms with E-state index in [9.17, 15) is 5.11 Å². The molecule has 1 aromatic rings. The monoisotopic (exact) mass is 242 g/mol. The number of hydrogen-bond donors (Lipinski definition) is 2. The lowest BCUT2D eigenvalue weighted by atomic mass is 10.4. The van der Waals surface area contributed by atoms with E-state index >= 15 is 0 Å². The first kappa shape index (κ1) is 8.81. The Kier molecular flexibility index (Phi) is 2.40. The third-order valence-electron chi connectivity index (χ3n) is 2.10. The molecule has 0 aromatic carbocycles. The number of aromatic nitrogens is 1. The van der Waals surface area contributed by atoms with E-state index in [1.807, 2.05) is 0 Å². The van der Waals surface area contributed by atoms with Gasteiger partial charge in [0.1, 0.15) is 16.2 Å². The number of hydrogen-bond acceptors (Lipinski definition) is 3. The largest absolute Gasteiger partial charge is 0.505 e. The molecule has 3 nitrogen and oxygen atoms in total. The number of halogens is 1. The van der Waals surface area contributed by atoms with Gasteiger partial charge in [-0.1, -0.05) is 0 Å². The number of aromatic hydroxyl groups is 1. The van der Waals surface area contributed by atoms with Gasteiger partial charge in [-0.3, -0.25) is 0 Å². The number of nitrogens with one attached hydrogen (secondary N) is 1. The zero-order valence-corrected chi connectivity index (χ0v) is 8.71. The van der Waals surface area contributed by atoms with Crippen molar-refractivity contribution in [3.8, 4) is 5.75 Å². The van der Waals surface area contributed by atoms with Gasteiger partial charge in [-0.2, -0.15) is 0 Å². The molecule has 13 heavy (non-hydrogen) atoms. The van der Waals surface area contributed by atoms with Crippen molar-refractivity contribution in [2.45, 2.75) is 12.8 Å². The number of rotatable bonds is 3. The molecule has 0 saturated heterocycles. The average Bonchev–Trinajstić information content (AvgIpc) is 2.91. The molecule has 0 atom stereocenters. The summed E-state index contributed by atoms with van der Waals surface area (Å²) in [6.07, 6.45) is 2.65. The van der Waals surface area contributed by atoms with E-state index in [-0.39, 0.29) is 5.75 Å². The average molecular weight is 243 g/mol. The van der Waals surface area contributed by atoms with Crippen LogP contribution in [0.2, 0.25) is 0 Å². The van der Waals surface area contributed by atoms with Crippen molar-refractivity contribution in [1.29, 1.82) is 0 Å². The Morgan fingerprint density at radius 2 is 2.31 bits per heavy atom. The Balaban J connectivity index is 1.98. The van der Waals surface area contributed by atoms with Crippen LogP contribution in [0.5, 0.6) is 5.75 Å². The van der Waals surface area contributed by atoms with Crippen molar-refractivity contribution < 1.29 is 5.11 Å². The fraction of sp³-hybridized carbons (Fsp3) is 0.444. The maximum absolute atomic E-state index is 9.20. The summed E-state index contributed by atoms with van der Waals surface area (Å²) in [6.45, 7) is 0.990. The number of nitrogens with zero attached hydrogens (tertiary/aromatic N) is 1. The molecule has 0 radical (unpaired) electrons. The number of pyridine rings is 1. The van der Waals surface area contributed by atoms with Gasteiger partial charge in [0, 0.05) is 6.54 Å². The van der Waals surface area contributed by atoms with E-state index < -0.39 is 0 Å². The van der Waals surface area contributed by atoms with Crippen LogP contribution >= 0.6 is 15.9 Å². The van der Waals surface area contributed by atoms with Crippen LogP contribution in [0.4, 0.5) is 5.82 Å². The van der Waals surface area contributed by atoms with Gasteiger partial charge in [-0.25, -0.2) is 4.98 Å². The van der Waals surface area contributed by atoms with Crippen molar-refractivity contribution in [3.63, 3.8) is 0 Å². The van der Waals surface area contributed by atoms with Gasteiger partial charge in [0.15, 0.2) is 0 Å². The summed E-state index contributed by atoms with van der Waals surface area (Å²) in [4.78, 5) is 4.13. The van der Waals surface area contributed by atoms with Crippen molar-refractivity contribution in [3.05, 3.63) is 16.7 Å². The van der Waals surface area contributed by atoms with Crippen LogP contribution in [-0.4, -0.2) is 16.6 Å². The second-order valence-electron chi connectivity index (χ2n) is 3.33. The summed E-state index contributed by atoms with van der Waals surface area (Å²) in [6, 6.07) is 3.41. The molecule has 1 heterocycles. The van der Waals surface area contributed by atoms with E-state index in [2.05, 4.69) is 26.2 Å². The first-order valence-corrected chi connectivity index (χ1v) is 5.14.